The molecule has 1 heterocycles. The van der Waals surface area contributed by atoms with Gasteiger partial charge in [-0.05, 0) is 38.1 Å². The van der Waals surface area contributed by atoms with E-state index in [1.807, 2.05) is 32.2 Å². The van der Waals surface area contributed by atoms with Crippen LogP contribution in [0.1, 0.15) is 45.5 Å². The zero-order valence-electron chi connectivity index (χ0n) is 11.8. The van der Waals surface area contributed by atoms with E-state index in [2.05, 4.69) is 25.2 Å². The van der Waals surface area contributed by atoms with Crippen LogP contribution in [0, 0.1) is 5.92 Å². The van der Waals surface area contributed by atoms with E-state index in [1.165, 1.54) is 4.88 Å². The van der Waals surface area contributed by atoms with Crippen LogP contribution in [0.2, 0.25) is 0 Å². The molecule has 0 fully saturated rings. The summed E-state index contributed by atoms with van der Waals surface area (Å²) in [6, 6.07) is 4.13. The van der Waals surface area contributed by atoms with Gasteiger partial charge in [0.1, 0.15) is 6.61 Å². The fourth-order valence-corrected chi connectivity index (χ4v) is 2.48. The standard InChI is InChI=1S/C14H23NO2S/c1-10(2)13(11-7-6-8-18-11)15-12(16)9-17-14(3,4)5/h6-8,10,13H,9H2,1-5H3,(H,15,16). The first-order valence-electron chi connectivity index (χ1n) is 6.26. The molecule has 0 spiro atoms. The predicted octanol–water partition coefficient (Wildman–Crippen LogP) is 3.38. The molecule has 0 aliphatic carbocycles. The molecule has 0 aliphatic heterocycles. The van der Waals surface area contributed by atoms with Gasteiger partial charge in [0.25, 0.3) is 0 Å². The van der Waals surface area contributed by atoms with E-state index in [4.69, 9.17) is 4.74 Å². The molecule has 0 bridgehead atoms. The first-order valence-corrected chi connectivity index (χ1v) is 7.14. The molecule has 0 saturated carbocycles. The fraction of sp³-hybridized carbons (Fsp3) is 0.643. The highest BCUT2D eigenvalue weighted by atomic mass is 32.1. The lowest BCUT2D eigenvalue weighted by Crippen LogP contribution is -2.36. The molecule has 0 saturated heterocycles. The van der Waals surface area contributed by atoms with Crippen molar-refractivity contribution < 1.29 is 9.53 Å². The van der Waals surface area contributed by atoms with E-state index in [9.17, 15) is 4.79 Å². The van der Waals surface area contributed by atoms with Crippen molar-refractivity contribution in [3.8, 4) is 0 Å². The van der Waals surface area contributed by atoms with Crippen molar-refractivity contribution in [2.75, 3.05) is 6.61 Å². The molecule has 1 unspecified atom stereocenters. The highest BCUT2D eigenvalue weighted by Crippen LogP contribution is 2.25. The van der Waals surface area contributed by atoms with Crippen LogP contribution in [0.3, 0.4) is 0 Å². The van der Waals surface area contributed by atoms with Gasteiger partial charge in [-0.15, -0.1) is 11.3 Å². The van der Waals surface area contributed by atoms with Crippen molar-refractivity contribution in [3.05, 3.63) is 22.4 Å². The second-order valence-electron chi connectivity index (χ2n) is 5.71. The molecule has 1 atom stereocenters. The number of nitrogens with one attached hydrogen (secondary N) is 1. The molecule has 1 amide bonds. The van der Waals surface area contributed by atoms with E-state index >= 15 is 0 Å². The van der Waals surface area contributed by atoms with E-state index < -0.39 is 0 Å². The normalized spacial score (nSPS) is 13.7. The zero-order valence-corrected chi connectivity index (χ0v) is 12.6. The maximum Gasteiger partial charge on any atom is 0.246 e. The second kappa shape index (κ2) is 6.34. The van der Waals surface area contributed by atoms with Crippen LogP contribution < -0.4 is 5.32 Å². The number of carbonyl (C=O) groups excluding carboxylic acids is 1. The Bertz CT molecular complexity index is 366. The summed E-state index contributed by atoms with van der Waals surface area (Å²) in [6.45, 7) is 10.2. The van der Waals surface area contributed by atoms with Crippen molar-refractivity contribution in [2.24, 2.45) is 5.92 Å². The minimum absolute atomic E-state index is 0.0583. The minimum Gasteiger partial charge on any atom is -0.366 e. The largest absolute Gasteiger partial charge is 0.366 e. The van der Waals surface area contributed by atoms with Crippen LogP contribution in [0.15, 0.2) is 17.5 Å². The maximum atomic E-state index is 11.9. The highest BCUT2D eigenvalue weighted by molar-refractivity contribution is 7.10. The Morgan fingerprint density at radius 1 is 1.44 bits per heavy atom. The average molecular weight is 269 g/mol. The Hall–Kier alpha value is -0.870. The van der Waals surface area contributed by atoms with Gasteiger partial charge in [-0.25, -0.2) is 0 Å². The monoisotopic (exact) mass is 269 g/mol. The molecule has 1 N–H and O–H groups in total. The Morgan fingerprint density at radius 3 is 2.56 bits per heavy atom. The molecule has 18 heavy (non-hydrogen) atoms. The van der Waals surface area contributed by atoms with Gasteiger partial charge in [-0.3, -0.25) is 4.79 Å². The van der Waals surface area contributed by atoms with Crippen molar-refractivity contribution >= 4 is 17.2 Å². The SMILES string of the molecule is CC(C)C(NC(=O)COC(C)(C)C)c1cccs1. The van der Waals surface area contributed by atoms with Crippen LogP contribution in [0.5, 0.6) is 0 Å². The first-order chi connectivity index (χ1) is 8.29. The third kappa shape index (κ3) is 5.19. The van der Waals surface area contributed by atoms with Gasteiger partial charge >= 0.3 is 0 Å². The summed E-state index contributed by atoms with van der Waals surface area (Å²) in [5.41, 5.74) is -0.284. The van der Waals surface area contributed by atoms with Crippen LogP contribution in [-0.4, -0.2) is 18.1 Å². The van der Waals surface area contributed by atoms with E-state index in [-0.39, 0.29) is 24.2 Å². The molecule has 1 aromatic heterocycles. The molecule has 0 aliphatic rings. The summed E-state index contributed by atoms with van der Waals surface area (Å²) >= 11 is 1.67. The van der Waals surface area contributed by atoms with Crippen LogP contribution in [-0.2, 0) is 9.53 Å². The third-order valence-electron chi connectivity index (χ3n) is 2.47. The molecule has 3 nitrogen and oxygen atoms in total. The van der Waals surface area contributed by atoms with Crippen molar-refractivity contribution in [2.45, 2.75) is 46.3 Å². The van der Waals surface area contributed by atoms with Crippen molar-refractivity contribution in [1.29, 1.82) is 0 Å². The van der Waals surface area contributed by atoms with Crippen molar-refractivity contribution in [3.63, 3.8) is 0 Å². The molecule has 102 valence electrons. The van der Waals surface area contributed by atoms with Crippen molar-refractivity contribution in [1.82, 2.24) is 5.32 Å². The van der Waals surface area contributed by atoms with Crippen LogP contribution >= 0.6 is 11.3 Å². The van der Waals surface area contributed by atoms with Gasteiger partial charge in [0.2, 0.25) is 5.91 Å². The van der Waals surface area contributed by atoms with Gasteiger partial charge < -0.3 is 10.1 Å². The summed E-state index contributed by atoms with van der Waals surface area (Å²) in [6.07, 6.45) is 0. The van der Waals surface area contributed by atoms with Gasteiger partial charge in [-0.2, -0.15) is 0 Å². The highest BCUT2D eigenvalue weighted by Gasteiger charge is 2.20. The number of hydrogen-bond donors (Lipinski definition) is 1. The number of carbonyl (C=O) groups is 1. The van der Waals surface area contributed by atoms with E-state index in [0.717, 1.165) is 0 Å². The number of amides is 1. The summed E-state index contributed by atoms with van der Waals surface area (Å²) in [7, 11) is 0. The van der Waals surface area contributed by atoms with Gasteiger partial charge in [-0.1, -0.05) is 19.9 Å². The lowest BCUT2D eigenvalue weighted by atomic mass is 10.0. The smallest absolute Gasteiger partial charge is 0.246 e. The quantitative estimate of drug-likeness (QED) is 0.890. The molecule has 0 radical (unpaired) electrons. The molecular weight excluding hydrogens is 246 g/mol. The topological polar surface area (TPSA) is 38.3 Å². The number of ether oxygens (including phenoxy) is 1. The Labute approximate surface area is 114 Å². The molecular formula is C14H23NO2S. The predicted molar refractivity (Wildman–Crippen MR) is 75.7 cm³/mol. The second-order valence-corrected chi connectivity index (χ2v) is 6.68. The average Bonchev–Trinajstić information content (AvgIpc) is 2.74. The first kappa shape index (κ1) is 15.2. The van der Waals surface area contributed by atoms with E-state index in [1.54, 1.807) is 11.3 Å². The summed E-state index contributed by atoms with van der Waals surface area (Å²) in [5, 5.41) is 5.07. The molecule has 1 rings (SSSR count). The lowest BCUT2D eigenvalue weighted by Gasteiger charge is -2.23. The fourth-order valence-electron chi connectivity index (χ4n) is 1.53. The summed E-state index contributed by atoms with van der Waals surface area (Å²) < 4.78 is 5.48. The van der Waals surface area contributed by atoms with Gasteiger partial charge in [0, 0.05) is 4.88 Å². The number of thiophene rings is 1. The Morgan fingerprint density at radius 2 is 2.11 bits per heavy atom. The minimum atomic E-state index is -0.284. The Balaban J connectivity index is 2.55. The lowest BCUT2D eigenvalue weighted by molar-refractivity contribution is -0.131. The van der Waals surface area contributed by atoms with Gasteiger partial charge in [0.05, 0.1) is 11.6 Å². The molecule has 1 aromatic rings. The maximum absolute atomic E-state index is 11.9. The zero-order chi connectivity index (χ0) is 13.8. The Kier molecular flexibility index (Phi) is 5.35. The number of rotatable bonds is 5. The van der Waals surface area contributed by atoms with E-state index in [0.29, 0.717) is 5.92 Å². The van der Waals surface area contributed by atoms with Crippen LogP contribution in [0.4, 0.5) is 0 Å². The molecule has 4 heteroatoms. The van der Waals surface area contributed by atoms with Gasteiger partial charge in [0.15, 0.2) is 0 Å². The summed E-state index contributed by atoms with van der Waals surface area (Å²) in [5.74, 6) is 0.305. The van der Waals surface area contributed by atoms with Crippen LogP contribution in [0.25, 0.3) is 0 Å². The third-order valence-corrected chi connectivity index (χ3v) is 3.42. The number of hydrogen-bond acceptors (Lipinski definition) is 3. The summed E-state index contributed by atoms with van der Waals surface area (Å²) in [4.78, 5) is 13.1. The molecule has 0 aromatic carbocycles.